The molecule has 2 heterocycles. The third kappa shape index (κ3) is 1.49. The van der Waals surface area contributed by atoms with E-state index in [1.807, 2.05) is 0 Å². The normalized spacial score (nSPS) is 16.8. The molecular weight excluding hydrogens is 190 g/mol. The molecule has 4 nitrogen and oxygen atoms in total. The number of likely N-dealkylation sites (tertiary alicyclic amines) is 1. The van der Waals surface area contributed by atoms with E-state index >= 15 is 0 Å². The first-order valence-corrected chi connectivity index (χ1v) is 4.35. The van der Waals surface area contributed by atoms with Crippen molar-refractivity contribution in [2.75, 3.05) is 13.1 Å². The predicted molar refractivity (Wildman–Crippen MR) is 47.4 cm³/mol. The van der Waals surface area contributed by atoms with Gasteiger partial charge in [0.05, 0.1) is 5.69 Å². The SMILES string of the molecule is O=CN1CC(c2nccnc2Cl)C1. The number of carbonyl (C=O) groups is 1. The zero-order chi connectivity index (χ0) is 9.26. The van der Waals surface area contributed by atoms with Gasteiger partial charge in [-0.3, -0.25) is 9.78 Å². The van der Waals surface area contributed by atoms with E-state index in [0.29, 0.717) is 18.2 Å². The largest absolute Gasteiger partial charge is 0.344 e. The summed E-state index contributed by atoms with van der Waals surface area (Å²) in [4.78, 5) is 20.0. The maximum Gasteiger partial charge on any atom is 0.209 e. The molecule has 1 aliphatic rings. The maximum atomic E-state index is 10.3. The lowest BCUT2D eigenvalue weighted by molar-refractivity contribution is -0.122. The van der Waals surface area contributed by atoms with Crippen LogP contribution < -0.4 is 0 Å². The van der Waals surface area contributed by atoms with Crippen LogP contribution in [0.5, 0.6) is 0 Å². The molecule has 0 bridgehead atoms. The molecule has 1 amide bonds. The van der Waals surface area contributed by atoms with Crippen molar-refractivity contribution in [3.8, 4) is 0 Å². The van der Waals surface area contributed by atoms with Crippen LogP contribution in [0.4, 0.5) is 0 Å². The van der Waals surface area contributed by atoms with Crippen molar-refractivity contribution in [3.63, 3.8) is 0 Å². The average molecular weight is 198 g/mol. The number of rotatable bonds is 2. The minimum absolute atomic E-state index is 0.256. The van der Waals surface area contributed by atoms with E-state index < -0.39 is 0 Å². The maximum absolute atomic E-state index is 10.3. The first-order valence-electron chi connectivity index (χ1n) is 3.97. The van der Waals surface area contributed by atoms with Crippen LogP contribution in [-0.4, -0.2) is 34.4 Å². The molecule has 0 atom stereocenters. The fraction of sp³-hybridized carbons (Fsp3) is 0.375. The molecule has 2 rings (SSSR count). The summed E-state index contributed by atoms with van der Waals surface area (Å²) in [5.74, 6) is 0.256. The second kappa shape index (κ2) is 3.30. The van der Waals surface area contributed by atoms with E-state index in [4.69, 9.17) is 11.6 Å². The van der Waals surface area contributed by atoms with Crippen molar-refractivity contribution in [3.05, 3.63) is 23.2 Å². The summed E-state index contributed by atoms with van der Waals surface area (Å²) < 4.78 is 0. The Morgan fingerprint density at radius 2 is 2.15 bits per heavy atom. The van der Waals surface area contributed by atoms with Gasteiger partial charge in [-0.25, -0.2) is 4.98 Å². The summed E-state index contributed by atoms with van der Waals surface area (Å²) in [7, 11) is 0. The highest BCUT2D eigenvalue weighted by Gasteiger charge is 2.29. The molecule has 0 aromatic carbocycles. The highest BCUT2D eigenvalue weighted by Crippen LogP contribution is 2.27. The molecular formula is C8H8ClN3O. The lowest BCUT2D eigenvalue weighted by Gasteiger charge is -2.35. The summed E-state index contributed by atoms with van der Waals surface area (Å²) in [5, 5.41) is 0.443. The third-order valence-corrected chi connectivity index (χ3v) is 2.42. The van der Waals surface area contributed by atoms with Gasteiger partial charge in [0.2, 0.25) is 6.41 Å². The molecule has 0 spiro atoms. The first-order chi connectivity index (χ1) is 6.31. The van der Waals surface area contributed by atoms with Gasteiger partial charge in [0.15, 0.2) is 5.15 Å². The number of aromatic nitrogens is 2. The standard InChI is InChI=1S/C8H8ClN3O/c9-8-7(10-1-2-11-8)6-3-12(4-6)5-13/h1-2,5-6H,3-4H2. The fourth-order valence-corrected chi connectivity index (χ4v) is 1.64. The molecule has 13 heavy (non-hydrogen) atoms. The Hall–Kier alpha value is -1.16. The predicted octanol–water partition coefficient (Wildman–Crippen LogP) is 0.686. The molecule has 0 radical (unpaired) electrons. The molecule has 0 saturated carbocycles. The number of hydrogen-bond acceptors (Lipinski definition) is 3. The summed E-state index contributed by atoms with van der Waals surface area (Å²) in [6.07, 6.45) is 4.01. The summed E-state index contributed by atoms with van der Waals surface area (Å²) in [6.45, 7) is 1.39. The minimum Gasteiger partial charge on any atom is -0.344 e. The molecule has 1 aliphatic heterocycles. The highest BCUT2D eigenvalue weighted by atomic mass is 35.5. The average Bonchev–Trinajstić information content (AvgIpc) is 2.06. The van der Waals surface area contributed by atoms with Crippen LogP contribution in [-0.2, 0) is 4.79 Å². The van der Waals surface area contributed by atoms with Gasteiger partial charge in [-0.2, -0.15) is 0 Å². The zero-order valence-electron chi connectivity index (χ0n) is 6.85. The molecule has 1 aromatic rings. The third-order valence-electron chi connectivity index (χ3n) is 2.13. The zero-order valence-corrected chi connectivity index (χ0v) is 7.61. The molecule has 5 heteroatoms. The second-order valence-corrected chi connectivity index (χ2v) is 3.35. The molecule has 1 saturated heterocycles. The van der Waals surface area contributed by atoms with Crippen LogP contribution in [0.25, 0.3) is 0 Å². The molecule has 0 N–H and O–H groups in total. The Morgan fingerprint density at radius 1 is 1.46 bits per heavy atom. The van der Waals surface area contributed by atoms with Gasteiger partial charge in [0.1, 0.15) is 0 Å². The van der Waals surface area contributed by atoms with Crippen LogP contribution in [0, 0.1) is 0 Å². The van der Waals surface area contributed by atoms with E-state index in [1.54, 1.807) is 17.3 Å². The Morgan fingerprint density at radius 3 is 2.77 bits per heavy atom. The molecule has 1 fully saturated rings. The number of halogens is 1. The van der Waals surface area contributed by atoms with Gasteiger partial charge in [-0.15, -0.1) is 0 Å². The Bertz CT molecular complexity index is 325. The van der Waals surface area contributed by atoms with E-state index in [2.05, 4.69) is 9.97 Å². The van der Waals surface area contributed by atoms with Crippen molar-refractivity contribution in [1.82, 2.24) is 14.9 Å². The van der Waals surface area contributed by atoms with Crippen LogP contribution in [0.15, 0.2) is 12.4 Å². The highest BCUT2D eigenvalue weighted by molar-refractivity contribution is 6.30. The number of carbonyl (C=O) groups excluding carboxylic acids is 1. The van der Waals surface area contributed by atoms with Crippen molar-refractivity contribution in [2.45, 2.75) is 5.92 Å². The van der Waals surface area contributed by atoms with Gasteiger partial charge in [-0.05, 0) is 0 Å². The van der Waals surface area contributed by atoms with Gasteiger partial charge < -0.3 is 4.90 Å². The van der Waals surface area contributed by atoms with E-state index in [1.165, 1.54) is 0 Å². The molecule has 0 unspecified atom stereocenters. The monoisotopic (exact) mass is 197 g/mol. The Labute approximate surface area is 80.5 Å². The van der Waals surface area contributed by atoms with Gasteiger partial charge >= 0.3 is 0 Å². The molecule has 68 valence electrons. The minimum atomic E-state index is 0.256. The van der Waals surface area contributed by atoms with E-state index in [0.717, 1.165) is 12.1 Å². The quantitative estimate of drug-likeness (QED) is 0.656. The topological polar surface area (TPSA) is 46.1 Å². The van der Waals surface area contributed by atoms with Crippen LogP contribution in [0.2, 0.25) is 5.15 Å². The van der Waals surface area contributed by atoms with Crippen LogP contribution in [0.3, 0.4) is 0 Å². The number of amides is 1. The van der Waals surface area contributed by atoms with E-state index in [9.17, 15) is 4.79 Å². The Balaban J connectivity index is 2.11. The van der Waals surface area contributed by atoms with Crippen molar-refractivity contribution in [2.24, 2.45) is 0 Å². The molecule has 1 aromatic heterocycles. The lowest BCUT2D eigenvalue weighted by Crippen LogP contribution is -2.44. The Kier molecular flexibility index (Phi) is 2.14. The van der Waals surface area contributed by atoms with Crippen molar-refractivity contribution < 1.29 is 4.79 Å². The first kappa shape index (κ1) is 8.44. The molecule has 0 aliphatic carbocycles. The number of nitrogens with zero attached hydrogens (tertiary/aromatic N) is 3. The van der Waals surface area contributed by atoms with Crippen molar-refractivity contribution in [1.29, 1.82) is 0 Å². The van der Waals surface area contributed by atoms with E-state index in [-0.39, 0.29) is 5.92 Å². The summed E-state index contributed by atoms with van der Waals surface area (Å²) in [6, 6.07) is 0. The fourth-order valence-electron chi connectivity index (χ4n) is 1.38. The summed E-state index contributed by atoms with van der Waals surface area (Å²) in [5.41, 5.74) is 0.794. The second-order valence-electron chi connectivity index (χ2n) is 2.99. The lowest BCUT2D eigenvalue weighted by atomic mass is 9.98. The van der Waals surface area contributed by atoms with Gasteiger partial charge in [-0.1, -0.05) is 11.6 Å². The van der Waals surface area contributed by atoms with Crippen LogP contribution >= 0.6 is 11.6 Å². The smallest absolute Gasteiger partial charge is 0.209 e. The van der Waals surface area contributed by atoms with Crippen molar-refractivity contribution >= 4 is 18.0 Å². The summed E-state index contributed by atoms with van der Waals surface area (Å²) >= 11 is 5.84. The van der Waals surface area contributed by atoms with Gasteiger partial charge in [0, 0.05) is 31.4 Å². The number of hydrogen-bond donors (Lipinski definition) is 0. The van der Waals surface area contributed by atoms with Gasteiger partial charge in [0.25, 0.3) is 0 Å². The van der Waals surface area contributed by atoms with Crippen LogP contribution in [0.1, 0.15) is 11.6 Å².